The fraction of sp³-hybridized carbons (Fsp3) is 0.583. The van der Waals surface area contributed by atoms with Crippen molar-refractivity contribution in [3.63, 3.8) is 0 Å². The lowest BCUT2D eigenvalue weighted by atomic mass is 9.92. The lowest BCUT2D eigenvalue weighted by Crippen LogP contribution is -2.42. The molecule has 15 heavy (non-hydrogen) atoms. The van der Waals surface area contributed by atoms with Crippen molar-refractivity contribution in [3.05, 3.63) is 18.5 Å². The van der Waals surface area contributed by atoms with Crippen LogP contribution in [0.5, 0.6) is 0 Å². The van der Waals surface area contributed by atoms with E-state index >= 15 is 0 Å². The van der Waals surface area contributed by atoms with Crippen LogP contribution in [-0.4, -0.2) is 17.6 Å². The predicted molar refractivity (Wildman–Crippen MR) is 63.9 cm³/mol. The Bertz CT molecular complexity index is 337. The standard InChI is InChI=1S/C12H19N3/c1-9-4-3-5-15(10(9)2)12-6-11(13)7-14-8-12/h6-10H,3-5,13H2,1-2H3. The molecule has 1 aliphatic heterocycles. The van der Waals surface area contributed by atoms with Crippen LogP contribution in [0.4, 0.5) is 11.4 Å². The quantitative estimate of drug-likeness (QED) is 0.765. The fourth-order valence-electron chi connectivity index (χ4n) is 2.30. The molecule has 0 bridgehead atoms. The highest BCUT2D eigenvalue weighted by molar-refractivity contribution is 5.54. The number of piperidine rings is 1. The van der Waals surface area contributed by atoms with Crippen LogP contribution in [0, 0.1) is 5.92 Å². The summed E-state index contributed by atoms with van der Waals surface area (Å²) in [6.07, 6.45) is 6.19. The summed E-state index contributed by atoms with van der Waals surface area (Å²) in [5.41, 5.74) is 7.67. The van der Waals surface area contributed by atoms with E-state index in [0.717, 1.165) is 23.8 Å². The maximum atomic E-state index is 5.76. The van der Waals surface area contributed by atoms with Crippen LogP contribution >= 0.6 is 0 Å². The number of aromatic nitrogens is 1. The Kier molecular flexibility index (Phi) is 2.80. The summed E-state index contributed by atoms with van der Waals surface area (Å²) >= 11 is 0. The summed E-state index contributed by atoms with van der Waals surface area (Å²) in [5, 5.41) is 0. The molecule has 1 aliphatic rings. The smallest absolute Gasteiger partial charge is 0.0575 e. The number of rotatable bonds is 1. The van der Waals surface area contributed by atoms with Gasteiger partial charge < -0.3 is 10.6 Å². The molecule has 1 aromatic heterocycles. The average Bonchev–Trinajstić information content (AvgIpc) is 2.22. The molecule has 2 heterocycles. The largest absolute Gasteiger partial charge is 0.397 e. The molecule has 0 saturated carbocycles. The Labute approximate surface area is 91.3 Å². The van der Waals surface area contributed by atoms with Gasteiger partial charge in [0.1, 0.15) is 0 Å². The zero-order chi connectivity index (χ0) is 10.8. The molecular weight excluding hydrogens is 186 g/mol. The van der Waals surface area contributed by atoms with Crippen molar-refractivity contribution in [2.75, 3.05) is 17.2 Å². The molecule has 3 nitrogen and oxygen atoms in total. The van der Waals surface area contributed by atoms with Gasteiger partial charge in [0.2, 0.25) is 0 Å². The van der Waals surface area contributed by atoms with Crippen LogP contribution in [-0.2, 0) is 0 Å². The topological polar surface area (TPSA) is 42.2 Å². The maximum Gasteiger partial charge on any atom is 0.0575 e. The molecule has 2 unspecified atom stereocenters. The van der Waals surface area contributed by atoms with Gasteiger partial charge in [-0.15, -0.1) is 0 Å². The molecule has 1 saturated heterocycles. The molecule has 0 aromatic carbocycles. The van der Waals surface area contributed by atoms with Gasteiger partial charge in [-0.05, 0) is 31.7 Å². The minimum atomic E-state index is 0.586. The number of pyridine rings is 1. The molecule has 2 N–H and O–H groups in total. The van der Waals surface area contributed by atoms with Crippen LogP contribution in [0.15, 0.2) is 18.5 Å². The first kappa shape index (κ1) is 10.3. The molecule has 0 radical (unpaired) electrons. The summed E-state index contributed by atoms with van der Waals surface area (Å²) < 4.78 is 0. The lowest BCUT2D eigenvalue weighted by Gasteiger charge is -2.39. The number of nitrogen functional groups attached to an aromatic ring is 1. The highest BCUT2D eigenvalue weighted by Crippen LogP contribution is 2.28. The number of hydrogen-bond acceptors (Lipinski definition) is 3. The van der Waals surface area contributed by atoms with Crippen molar-refractivity contribution in [3.8, 4) is 0 Å². The summed E-state index contributed by atoms with van der Waals surface area (Å²) in [5.74, 6) is 0.750. The normalized spacial score (nSPS) is 26.7. The first-order valence-electron chi connectivity index (χ1n) is 5.65. The zero-order valence-corrected chi connectivity index (χ0v) is 9.48. The Morgan fingerprint density at radius 3 is 2.93 bits per heavy atom. The third-order valence-corrected chi connectivity index (χ3v) is 3.45. The summed E-state index contributed by atoms with van der Waals surface area (Å²) in [6.45, 7) is 5.72. The van der Waals surface area contributed by atoms with Crippen LogP contribution in [0.1, 0.15) is 26.7 Å². The Morgan fingerprint density at radius 2 is 2.20 bits per heavy atom. The number of nitrogens with zero attached hydrogens (tertiary/aromatic N) is 2. The summed E-state index contributed by atoms with van der Waals surface area (Å²) in [7, 11) is 0. The van der Waals surface area contributed by atoms with E-state index in [9.17, 15) is 0 Å². The van der Waals surface area contributed by atoms with Gasteiger partial charge in [-0.25, -0.2) is 0 Å². The summed E-state index contributed by atoms with van der Waals surface area (Å²) in [4.78, 5) is 6.57. The van der Waals surface area contributed by atoms with Crippen LogP contribution < -0.4 is 10.6 Å². The van der Waals surface area contributed by atoms with Gasteiger partial charge in [-0.1, -0.05) is 6.92 Å². The van der Waals surface area contributed by atoms with E-state index in [1.54, 1.807) is 6.20 Å². The van der Waals surface area contributed by atoms with Crippen molar-refractivity contribution in [1.82, 2.24) is 4.98 Å². The minimum absolute atomic E-state index is 0.586. The molecule has 0 amide bonds. The predicted octanol–water partition coefficient (Wildman–Crippen LogP) is 2.29. The van der Waals surface area contributed by atoms with Gasteiger partial charge in [-0.3, -0.25) is 4.98 Å². The first-order valence-corrected chi connectivity index (χ1v) is 5.65. The van der Waals surface area contributed by atoms with Crippen molar-refractivity contribution in [2.45, 2.75) is 32.7 Å². The third kappa shape index (κ3) is 2.06. The average molecular weight is 205 g/mol. The highest BCUT2D eigenvalue weighted by atomic mass is 15.2. The second kappa shape index (κ2) is 4.09. The van der Waals surface area contributed by atoms with Crippen molar-refractivity contribution in [1.29, 1.82) is 0 Å². The van der Waals surface area contributed by atoms with E-state index in [2.05, 4.69) is 23.7 Å². The zero-order valence-electron chi connectivity index (χ0n) is 9.48. The molecule has 0 spiro atoms. The van der Waals surface area contributed by atoms with E-state index in [0.29, 0.717) is 6.04 Å². The van der Waals surface area contributed by atoms with E-state index < -0.39 is 0 Å². The highest BCUT2D eigenvalue weighted by Gasteiger charge is 2.24. The minimum Gasteiger partial charge on any atom is -0.397 e. The number of nitrogens with two attached hydrogens (primary N) is 1. The molecule has 2 atom stereocenters. The Morgan fingerprint density at radius 1 is 1.40 bits per heavy atom. The van der Waals surface area contributed by atoms with Gasteiger partial charge in [0, 0.05) is 18.8 Å². The number of anilines is 2. The van der Waals surface area contributed by atoms with Crippen molar-refractivity contribution >= 4 is 11.4 Å². The third-order valence-electron chi connectivity index (χ3n) is 3.45. The monoisotopic (exact) mass is 205 g/mol. The van der Waals surface area contributed by atoms with Gasteiger partial charge in [-0.2, -0.15) is 0 Å². The first-order chi connectivity index (χ1) is 7.18. The summed E-state index contributed by atoms with van der Waals surface area (Å²) in [6, 6.07) is 2.60. The van der Waals surface area contributed by atoms with Gasteiger partial charge >= 0.3 is 0 Å². The van der Waals surface area contributed by atoms with Crippen LogP contribution in [0.2, 0.25) is 0 Å². The Hall–Kier alpha value is -1.25. The molecule has 0 aliphatic carbocycles. The molecular formula is C12H19N3. The van der Waals surface area contributed by atoms with Crippen molar-refractivity contribution < 1.29 is 0 Å². The number of hydrogen-bond donors (Lipinski definition) is 1. The van der Waals surface area contributed by atoms with E-state index in [-0.39, 0.29) is 0 Å². The second-order valence-electron chi connectivity index (χ2n) is 4.53. The molecule has 3 heteroatoms. The molecule has 2 rings (SSSR count). The van der Waals surface area contributed by atoms with Crippen LogP contribution in [0.25, 0.3) is 0 Å². The maximum absolute atomic E-state index is 5.76. The Balaban J connectivity index is 2.22. The van der Waals surface area contributed by atoms with E-state index in [4.69, 9.17) is 5.73 Å². The van der Waals surface area contributed by atoms with E-state index in [1.165, 1.54) is 12.8 Å². The van der Waals surface area contributed by atoms with E-state index in [1.807, 2.05) is 12.3 Å². The van der Waals surface area contributed by atoms with Crippen molar-refractivity contribution in [2.24, 2.45) is 5.92 Å². The van der Waals surface area contributed by atoms with Gasteiger partial charge in [0.05, 0.1) is 17.6 Å². The molecule has 1 aromatic rings. The lowest BCUT2D eigenvalue weighted by molar-refractivity contribution is 0.363. The SMILES string of the molecule is CC1CCCN(c2cncc(N)c2)C1C. The van der Waals surface area contributed by atoms with Crippen LogP contribution in [0.3, 0.4) is 0 Å². The van der Waals surface area contributed by atoms with Gasteiger partial charge in [0.15, 0.2) is 0 Å². The van der Waals surface area contributed by atoms with Gasteiger partial charge in [0.25, 0.3) is 0 Å². The molecule has 82 valence electrons. The second-order valence-corrected chi connectivity index (χ2v) is 4.53. The molecule has 1 fully saturated rings. The fourth-order valence-corrected chi connectivity index (χ4v) is 2.30.